The van der Waals surface area contributed by atoms with Gasteiger partial charge in [0, 0.05) is 136 Å². The Morgan fingerprint density at radius 3 is 0.843 bits per heavy atom. The first-order chi connectivity index (χ1) is 69.4. The van der Waals surface area contributed by atoms with E-state index in [4.69, 9.17) is 49.8 Å². The molecule has 0 radical (unpaired) electrons. The van der Waals surface area contributed by atoms with Crippen molar-refractivity contribution in [3.63, 3.8) is 0 Å². The third-order valence-electron chi connectivity index (χ3n) is 31.7. The minimum atomic E-state index is 0.877. The van der Waals surface area contributed by atoms with Gasteiger partial charge in [-0.25, -0.2) is 39.9 Å². The molecular weight excluding hydrogens is 1710 g/mol. The number of imidazole rings is 4. The van der Waals surface area contributed by atoms with E-state index < -0.39 is 0 Å². The van der Waals surface area contributed by atoms with E-state index in [0.29, 0.717) is 0 Å². The number of aromatic nitrogens is 16. The maximum absolute atomic E-state index is 5.26. The molecule has 0 N–H and O–H groups in total. The number of fused-ring (bicyclic) bond motifs is 60. The summed E-state index contributed by atoms with van der Waals surface area (Å²) in [6.45, 7) is 0. The Hall–Kier alpha value is -18.3. The SMILES string of the molecule is c1ccc2c(c1)Cc1cc3c(cc1-2)-c1ccc2c(nc4c5cccnc5c5cccnc5n24)c1C3.c1ccc2c(c1)Cc1cc3c(cc1-2)-c1ccc2c(nc4c5ccncc5c5cccnc5n24)c1C3.c1ccc2c(c1)Cc1cc3c(cc1-2)-c1ccc2c(nc4c5cnccc5c5cccnc5n24)c1C3.c1ccc2c(c1)Cc1cc3c(cc1-2)-c1ccc2c(nc4c5ncccc5c5cccnc5n24)c1C3. The molecule has 0 spiro atoms. The third-order valence-corrected chi connectivity index (χ3v) is 31.7. The Bertz CT molecular complexity index is 9460. The molecule has 0 saturated carbocycles. The van der Waals surface area contributed by atoms with Crippen molar-refractivity contribution in [2.45, 2.75) is 51.4 Å². The predicted octanol–water partition coefficient (Wildman–Crippen LogP) is 26.9. The summed E-state index contributed by atoms with van der Waals surface area (Å²) in [6.07, 6.45) is 26.4. The molecule has 0 amide bonds. The quantitative estimate of drug-likeness (QED) is 0.132. The van der Waals surface area contributed by atoms with Gasteiger partial charge in [0.2, 0.25) is 0 Å². The minimum absolute atomic E-state index is 0.877. The van der Waals surface area contributed by atoms with E-state index in [-0.39, 0.29) is 0 Å². The zero-order valence-electron chi connectivity index (χ0n) is 75.1. The lowest BCUT2D eigenvalue weighted by Crippen LogP contribution is -1.94. The second-order valence-corrected chi connectivity index (χ2v) is 38.8. The molecule has 8 aliphatic rings. The van der Waals surface area contributed by atoms with Crippen molar-refractivity contribution < 1.29 is 0 Å². The lowest BCUT2D eigenvalue weighted by molar-refractivity contribution is 1.22. The van der Waals surface area contributed by atoms with Gasteiger partial charge < -0.3 is 0 Å². The van der Waals surface area contributed by atoms with Gasteiger partial charge in [-0.2, -0.15) is 0 Å². The van der Waals surface area contributed by atoms with Crippen molar-refractivity contribution >= 4 is 154 Å². The van der Waals surface area contributed by atoms with Crippen LogP contribution in [0.1, 0.15) is 89.0 Å². The van der Waals surface area contributed by atoms with Crippen LogP contribution < -0.4 is 0 Å². The van der Waals surface area contributed by atoms with Gasteiger partial charge in [0.25, 0.3) is 0 Å². The molecule has 16 nitrogen and oxygen atoms in total. The van der Waals surface area contributed by atoms with Crippen molar-refractivity contribution in [2.24, 2.45) is 0 Å². The molecule has 0 bridgehead atoms. The van der Waals surface area contributed by atoms with E-state index in [0.717, 1.165) is 206 Å². The first kappa shape index (κ1) is 75.1. The van der Waals surface area contributed by atoms with Crippen molar-refractivity contribution in [1.82, 2.24) is 77.4 Å². The maximum atomic E-state index is 5.26. The van der Waals surface area contributed by atoms with Crippen LogP contribution in [-0.4, -0.2) is 77.4 Å². The molecule has 0 fully saturated rings. The summed E-state index contributed by atoms with van der Waals surface area (Å²) in [5.74, 6) is 0. The molecule has 0 saturated heterocycles. The van der Waals surface area contributed by atoms with Crippen molar-refractivity contribution in [1.29, 1.82) is 0 Å². The molecule has 28 aromatic rings. The molecular formula is C124H72N16. The second-order valence-electron chi connectivity index (χ2n) is 38.8. The Morgan fingerprint density at radius 1 is 0.157 bits per heavy atom. The van der Waals surface area contributed by atoms with Crippen LogP contribution in [-0.2, 0) is 51.4 Å². The predicted molar refractivity (Wildman–Crippen MR) is 559 cm³/mol. The number of nitrogens with zero attached hydrogens (tertiary/aromatic N) is 16. The third kappa shape index (κ3) is 10.3. The monoisotopic (exact) mass is 1780 g/mol. The standard InChI is InChI=1S/4C31H18N4/c1-2-6-20-17(5-1)13-18-14-19-15-26-21(25(19)16-24(18)20)9-10-27-29(26)34-31-23-8-3-11-32-28(23)22-7-4-12-33-30(22)35(27)31;1-2-6-20-17(5-1)13-18-14-19-15-26-21(25(19)16-24(18)20)9-10-27-28(26)34-31-29-22(7-3-11-32-29)23-8-4-12-33-30(23)35(27)31;1-2-5-20-17(4-1)12-18-13-19-14-26-21(25(19)15-24(18)20)7-8-28-29(26)34-31-27-16-32-11-9-22(27)23-6-3-10-33-30(23)35(28)31;1-2-5-20-17(4-1)12-18-13-19-14-26-21(25(19)15-24(18)20)7-8-28-29(26)34-31-23-9-11-32-16-27(23)22-6-3-10-33-30(22)35(28)31/h2*1-12,14,16H,13,15H2;2*1-11,13,15-16H,12,14H2. The first-order valence-electron chi connectivity index (χ1n) is 48.2. The highest BCUT2D eigenvalue weighted by Crippen LogP contribution is 2.54. The fraction of sp³-hybridized carbons (Fsp3) is 0.0645. The molecule has 8 aliphatic carbocycles. The molecule has 0 unspecified atom stereocenters. The Balaban J connectivity index is 0.0000000829. The molecule has 0 aliphatic heterocycles. The lowest BCUT2D eigenvalue weighted by atomic mass is 9.98. The Morgan fingerprint density at radius 2 is 0.436 bits per heavy atom. The fourth-order valence-electron chi connectivity index (χ4n) is 25.7. The van der Waals surface area contributed by atoms with Crippen LogP contribution in [0.25, 0.3) is 243 Å². The smallest absolute Gasteiger partial charge is 0.166 e. The summed E-state index contributed by atoms with van der Waals surface area (Å²) in [6, 6.07) is 101. The Kier molecular flexibility index (Phi) is 14.9. The van der Waals surface area contributed by atoms with Crippen LogP contribution in [0.3, 0.4) is 0 Å². The average molecular weight is 1790 g/mol. The topological polar surface area (TPSA) is 172 Å². The minimum Gasteiger partial charge on any atom is -0.276 e. The van der Waals surface area contributed by atoms with E-state index in [1.165, 1.54) is 178 Å². The van der Waals surface area contributed by atoms with Crippen molar-refractivity contribution in [3.8, 4) is 89.0 Å². The van der Waals surface area contributed by atoms with E-state index in [9.17, 15) is 0 Å². The number of pyridine rings is 12. The van der Waals surface area contributed by atoms with Gasteiger partial charge in [0.05, 0.1) is 49.7 Å². The van der Waals surface area contributed by atoms with Gasteiger partial charge in [0.15, 0.2) is 5.65 Å². The fourth-order valence-corrected chi connectivity index (χ4v) is 25.7. The molecule has 648 valence electrons. The van der Waals surface area contributed by atoms with Crippen LogP contribution in [0.5, 0.6) is 0 Å². The zero-order chi connectivity index (χ0) is 90.7. The van der Waals surface area contributed by atoms with Gasteiger partial charge in [0.1, 0.15) is 45.0 Å². The normalized spacial score (nSPS) is 13.5. The summed E-state index contributed by atoms with van der Waals surface area (Å²) in [4.78, 5) is 58.3. The van der Waals surface area contributed by atoms with E-state index in [1.807, 2.05) is 98.4 Å². The van der Waals surface area contributed by atoms with Gasteiger partial charge in [-0.1, -0.05) is 152 Å². The summed E-state index contributed by atoms with van der Waals surface area (Å²) in [5, 5.41) is 10.9. The number of benzene rings is 12. The summed E-state index contributed by atoms with van der Waals surface area (Å²) < 4.78 is 8.86. The number of hydrogen-bond donors (Lipinski definition) is 0. The Labute approximate surface area is 796 Å². The highest BCUT2D eigenvalue weighted by Gasteiger charge is 2.36. The summed E-state index contributed by atoms with van der Waals surface area (Å²) in [7, 11) is 0. The van der Waals surface area contributed by atoms with Crippen LogP contribution in [0.15, 0.2) is 341 Å². The van der Waals surface area contributed by atoms with Gasteiger partial charge in [-0.15, -0.1) is 0 Å². The molecule has 12 aromatic carbocycles. The molecule has 16 aromatic heterocycles. The van der Waals surface area contributed by atoms with Gasteiger partial charge in [-0.3, -0.25) is 37.5 Å². The van der Waals surface area contributed by atoms with E-state index >= 15 is 0 Å². The average Bonchev–Trinajstić information content (AvgIpc) is 1.55. The van der Waals surface area contributed by atoms with E-state index in [1.54, 1.807) is 0 Å². The van der Waals surface area contributed by atoms with Gasteiger partial charge in [-0.05, 0) is 336 Å². The highest BCUT2D eigenvalue weighted by atomic mass is 15.1. The zero-order valence-corrected chi connectivity index (χ0v) is 75.1. The van der Waals surface area contributed by atoms with Crippen molar-refractivity contribution in [2.75, 3.05) is 0 Å². The first-order valence-corrected chi connectivity index (χ1v) is 48.2. The number of rotatable bonds is 0. The molecule has 140 heavy (non-hydrogen) atoms. The van der Waals surface area contributed by atoms with Crippen molar-refractivity contribution in [3.05, 3.63) is 430 Å². The number of hydrogen-bond acceptors (Lipinski definition) is 12. The van der Waals surface area contributed by atoms with Gasteiger partial charge >= 0.3 is 0 Å². The molecule has 36 rings (SSSR count). The maximum Gasteiger partial charge on any atom is 0.166 e. The van der Waals surface area contributed by atoms with Crippen LogP contribution >= 0.6 is 0 Å². The van der Waals surface area contributed by atoms with E-state index in [2.05, 4.69) is 270 Å². The molecule has 16 heteroatoms. The van der Waals surface area contributed by atoms with Crippen LogP contribution in [0.2, 0.25) is 0 Å². The lowest BCUT2D eigenvalue weighted by Gasteiger charge is -2.08. The largest absolute Gasteiger partial charge is 0.276 e. The van der Waals surface area contributed by atoms with Crippen LogP contribution in [0, 0.1) is 0 Å². The van der Waals surface area contributed by atoms with Crippen LogP contribution in [0.4, 0.5) is 0 Å². The molecule has 16 heterocycles. The summed E-state index contributed by atoms with van der Waals surface area (Å²) in [5.41, 5.74) is 62.0. The second kappa shape index (κ2) is 27.7. The summed E-state index contributed by atoms with van der Waals surface area (Å²) >= 11 is 0. The highest BCUT2D eigenvalue weighted by molar-refractivity contribution is 6.18. The molecule has 0 atom stereocenters.